The van der Waals surface area contributed by atoms with Crippen LogP contribution in [-0.2, 0) is 4.79 Å². The topological polar surface area (TPSA) is 139 Å². The zero-order valence-corrected chi connectivity index (χ0v) is 21.9. The van der Waals surface area contributed by atoms with Gasteiger partial charge in [0.05, 0.1) is 6.54 Å². The van der Waals surface area contributed by atoms with Crippen LogP contribution in [0.2, 0.25) is 0 Å². The first kappa shape index (κ1) is 27.2. The number of ether oxygens (including phenoxy) is 1. The molecule has 4 N–H and O–H groups in total. The normalized spacial score (nSPS) is 19.7. The van der Waals surface area contributed by atoms with E-state index < -0.39 is 5.97 Å². The Morgan fingerprint density at radius 1 is 1.08 bits per heavy atom. The molecule has 9 nitrogen and oxygen atoms in total. The Bertz CT molecular complexity index is 1070. The number of aromatic nitrogens is 2. The van der Waals surface area contributed by atoms with Crippen molar-refractivity contribution in [1.29, 1.82) is 0 Å². The predicted octanol–water partition coefficient (Wildman–Crippen LogP) is 4.49. The molecule has 4 rings (SSSR count). The second-order valence-corrected chi connectivity index (χ2v) is 10.8. The van der Waals surface area contributed by atoms with Crippen molar-refractivity contribution in [3.05, 3.63) is 35.4 Å². The van der Waals surface area contributed by atoms with Gasteiger partial charge in [0, 0.05) is 24.5 Å². The standard InChI is InChI=1S/C27H36N4O5S/c28-24-23-25(30-27(29-24)37-16-4-2-1-3-14-32)36-15-13-31(26(23)35)21-11-9-20(10-12-21)19-7-5-18(6-8-19)17-22(33)34/h9-12,18-19,32H,1-8,13-17H2,(H,33,34)(H2,28,29,30). The van der Waals surface area contributed by atoms with Crippen molar-refractivity contribution in [3.8, 4) is 5.88 Å². The highest BCUT2D eigenvalue weighted by atomic mass is 32.2. The number of amides is 1. The van der Waals surface area contributed by atoms with Gasteiger partial charge in [-0.1, -0.05) is 36.7 Å². The largest absolute Gasteiger partial charge is 0.481 e. The van der Waals surface area contributed by atoms with Gasteiger partial charge in [-0.05, 0) is 68.1 Å². The van der Waals surface area contributed by atoms with Gasteiger partial charge in [0.2, 0.25) is 5.88 Å². The zero-order chi connectivity index (χ0) is 26.2. The fourth-order valence-corrected chi connectivity index (χ4v) is 5.97. The number of rotatable bonds is 11. The maximum absolute atomic E-state index is 13.5. The number of carboxylic acid groups (broad SMARTS) is 1. The molecule has 1 amide bonds. The molecule has 0 radical (unpaired) electrons. The van der Waals surface area contributed by atoms with Crippen LogP contribution in [0.1, 0.15) is 79.6 Å². The molecular weight excluding hydrogens is 492 g/mol. The summed E-state index contributed by atoms with van der Waals surface area (Å²) in [4.78, 5) is 34.9. The summed E-state index contributed by atoms with van der Waals surface area (Å²) < 4.78 is 5.83. The van der Waals surface area contributed by atoms with Crippen LogP contribution in [0.15, 0.2) is 29.4 Å². The van der Waals surface area contributed by atoms with E-state index in [1.807, 2.05) is 12.1 Å². The van der Waals surface area contributed by atoms with Crippen LogP contribution in [0.5, 0.6) is 5.88 Å². The molecule has 1 aromatic heterocycles. The van der Waals surface area contributed by atoms with Crippen LogP contribution >= 0.6 is 11.8 Å². The number of hydrogen-bond donors (Lipinski definition) is 3. The number of nitrogens with two attached hydrogens (primary N) is 1. The Kier molecular flexibility index (Phi) is 9.62. The van der Waals surface area contributed by atoms with Gasteiger partial charge in [0.15, 0.2) is 5.16 Å². The van der Waals surface area contributed by atoms with Crippen LogP contribution in [0.25, 0.3) is 0 Å². The Balaban J connectivity index is 1.39. The predicted molar refractivity (Wildman–Crippen MR) is 143 cm³/mol. The SMILES string of the molecule is Nc1nc(SCCCCCCO)nc2c1C(=O)N(c1ccc(C3CCC(CC(=O)O)CC3)cc1)CCO2. The van der Waals surface area contributed by atoms with Gasteiger partial charge < -0.3 is 25.6 Å². The maximum Gasteiger partial charge on any atom is 0.303 e. The van der Waals surface area contributed by atoms with Crippen LogP contribution in [0.3, 0.4) is 0 Å². The van der Waals surface area contributed by atoms with Gasteiger partial charge in [0.25, 0.3) is 5.91 Å². The van der Waals surface area contributed by atoms with Crippen molar-refractivity contribution < 1.29 is 24.5 Å². The lowest BCUT2D eigenvalue weighted by molar-refractivity contribution is -0.138. The second-order valence-electron chi connectivity index (χ2n) is 9.77. The number of hydrogen-bond acceptors (Lipinski definition) is 8. The van der Waals surface area contributed by atoms with Crippen molar-refractivity contribution in [3.63, 3.8) is 0 Å². The van der Waals surface area contributed by atoms with Gasteiger partial charge in [-0.25, -0.2) is 4.98 Å². The van der Waals surface area contributed by atoms with Gasteiger partial charge in [0.1, 0.15) is 18.0 Å². The summed E-state index contributed by atoms with van der Waals surface area (Å²) in [5, 5.41) is 18.4. The molecule has 0 saturated heterocycles. The van der Waals surface area contributed by atoms with E-state index in [0.29, 0.717) is 24.2 Å². The van der Waals surface area contributed by atoms with E-state index in [9.17, 15) is 9.59 Å². The first-order chi connectivity index (χ1) is 18.0. The molecule has 200 valence electrons. The number of carbonyl (C=O) groups is 2. The van der Waals surface area contributed by atoms with Crippen LogP contribution in [0, 0.1) is 5.92 Å². The van der Waals surface area contributed by atoms with E-state index >= 15 is 0 Å². The monoisotopic (exact) mass is 528 g/mol. The molecule has 1 aliphatic carbocycles. The Morgan fingerprint density at radius 3 is 2.51 bits per heavy atom. The van der Waals surface area contributed by atoms with E-state index in [4.69, 9.17) is 20.7 Å². The van der Waals surface area contributed by atoms with Crippen molar-refractivity contribution in [2.75, 3.05) is 36.1 Å². The highest BCUT2D eigenvalue weighted by Gasteiger charge is 2.30. The van der Waals surface area contributed by atoms with Crippen molar-refractivity contribution >= 4 is 35.1 Å². The summed E-state index contributed by atoms with van der Waals surface area (Å²) in [6.07, 6.45) is 7.91. The Hall–Kier alpha value is -2.85. The highest BCUT2D eigenvalue weighted by molar-refractivity contribution is 7.99. The third kappa shape index (κ3) is 7.13. The molecule has 0 atom stereocenters. The minimum absolute atomic E-state index is 0.124. The molecule has 37 heavy (non-hydrogen) atoms. The van der Waals surface area contributed by atoms with Crippen molar-refractivity contribution in [1.82, 2.24) is 9.97 Å². The summed E-state index contributed by atoms with van der Waals surface area (Å²) in [7, 11) is 0. The molecule has 0 spiro atoms. The number of anilines is 2. The fourth-order valence-electron chi connectivity index (χ4n) is 5.13. The molecule has 1 aliphatic heterocycles. The summed E-state index contributed by atoms with van der Waals surface area (Å²) in [5.41, 5.74) is 8.41. The highest BCUT2D eigenvalue weighted by Crippen LogP contribution is 2.38. The number of fused-ring (bicyclic) bond motifs is 1. The van der Waals surface area contributed by atoms with Crippen molar-refractivity contribution in [2.24, 2.45) is 5.92 Å². The van der Waals surface area contributed by atoms with Gasteiger partial charge in [-0.3, -0.25) is 9.59 Å². The second kappa shape index (κ2) is 13.1. The number of carboxylic acids is 1. The number of nitrogen functional groups attached to an aromatic ring is 1. The number of benzene rings is 1. The molecule has 2 heterocycles. The molecule has 1 fully saturated rings. The lowest BCUT2D eigenvalue weighted by atomic mass is 9.77. The molecule has 1 aromatic carbocycles. The van der Waals surface area contributed by atoms with Crippen LogP contribution in [-0.4, -0.2) is 57.6 Å². The number of nitrogens with zero attached hydrogens (tertiary/aromatic N) is 3. The lowest BCUT2D eigenvalue weighted by Crippen LogP contribution is -2.32. The fraction of sp³-hybridized carbons (Fsp3) is 0.556. The number of aliphatic carboxylic acids is 1. The first-order valence-corrected chi connectivity index (χ1v) is 14.1. The van der Waals surface area contributed by atoms with Gasteiger partial charge in [-0.2, -0.15) is 4.98 Å². The first-order valence-electron chi connectivity index (χ1n) is 13.1. The van der Waals surface area contributed by atoms with E-state index in [1.165, 1.54) is 17.3 Å². The molecule has 1 saturated carbocycles. The molecule has 2 aliphatic rings. The lowest BCUT2D eigenvalue weighted by Gasteiger charge is -2.28. The quantitative estimate of drug-likeness (QED) is 0.219. The summed E-state index contributed by atoms with van der Waals surface area (Å²) >= 11 is 1.49. The molecule has 10 heteroatoms. The van der Waals surface area contributed by atoms with Gasteiger partial charge >= 0.3 is 5.97 Å². The Labute approximate surface area is 221 Å². The average molecular weight is 529 g/mol. The molecule has 2 aromatic rings. The number of aliphatic hydroxyl groups excluding tert-OH is 1. The van der Waals surface area contributed by atoms with E-state index in [2.05, 4.69) is 22.1 Å². The smallest absolute Gasteiger partial charge is 0.303 e. The summed E-state index contributed by atoms with van der Waals surface area (Å²) in [6, 6.07) is 8.05. The third-order valence-electron chi connectivity index (χ3n) is 7.17. The number of aliphatic hydroxyl groups is 1. The Morgan fingerprint density at radius 2 is 1.81 bits per heavy atom. The molecule has 0 bridgehead atoms. The van der Waals surface area contributed by atoms with Gasteiger partial charge in [-0.15, -0.1) is 0 Å². The molecule has 0 unspecified atom stereocenters. The van der Waals surface area contributed by atoms with Crippen LogP contribution in [0.4, 0.5) is 11.5 Å². The maximum atomic E-state index is 13.5. The zero-order valence-electron chi connectivity index (χ0n) is 21.1. The third-order valence-corrected chi connectivity index (χ3v) is 8.10. The minimum Gasteiger partial charge on any atom is -0.481 e. The number of thioether (sulfide) groups is 1. The summed E-state index contributed by atoms with van der Waals surface area (Å²) in [5.74, 6) is 0.886. The minimum atomic E-state index is -0.716. The summed E-state index contributed by atoms with van der Waals surface area (Å²) in [6.45, 7) is 0.901. The number of carbonyl (C=O) groups excluding carboxylic acids is 1. The van der Waals surface area contributed by atoms with E-state index in [1.54, 1.807) is 4.90 Å². The van der Waals surface area contributed by atoms with Crippen molar-refractivity contribution in [2.45, 2.75) is 68.9 Å². The van der Waals surface area contributed by atoms with Crippen LogP contribution < -0.4 is 15.4 Å². The van der Waals surface area contributed by atoms with E-state index in [-0.39, 0.29) is 42.1 Å². The molecular formula is C27H36N4O5S. The number of unbranched alkanes of at least 4 members (excludes halogenated alkanes) is 3. The van der Waals surface area contributed by atoms with E-state index in [0.717, 1.165) is 62.8 Å². The average Bonchev–Trinajstić information content (AvgIpc) is 3.05.